The van der Waals surface area contributed by atoms with E-state index in [0.717, 1.165) is 30.5 Å². The lowest BCUT2D eigenvalue weighted by Gasteiger charge is -2.23. The number of amides is 1. The fourth-order valence-corrected chi connectivity index (χ4v) is 4.46. The lowest BCUT2D eigenvalue weighted by molar-refractivity contribution is -0.152. The predicted molar refractivity (Wildman–Crippen MR) is 97.8 cm³/mol. The summed E-state index contributed by atoms with van der Waals surface area (Å²) in [5.74, 6) is -1.37. The van der Waals surface area contributed by atoms with Crippen molar-refractivity contribution in [2.45, 2.75) is 44.8 Å². The average Bonchev–Trinajstić information content (AvgIpc) is 3.30. The Balaban J connectivity index is 1.62. The number of nitrogens with zero attached hydrogens (tertiary/aromatic N) is 1. The number of esters is 1. The van der Waals surface area contributed by atoms with Crippen LogP contribution in [-0.4, -0.2) is 36.7 Å². The van der Waals surface area contributed by atoms with E-state index >= 15 is 0 Å². The van der Waals surface area contributed by atoms with Gasteiger partial charge in [-0.25, -0.2) is 0 Å². The van der Waals surface area contributed by atoms with Gasteiger partial charge in [-0.1, -0.05) is 50.6 Å². The Morgan fingerprint density at radius 1 is 1.35 bits per heavy atom. The van der Waals surface area contributed by atoms with Crippen molar-refractivity contribution in [2.24, 2.45) is 11.8 Å². The van der Waals surface area contributed by atoms with Gasteiger partial charge in [-0.2, -0.15) is 0 Å². The Kier molecular flexibility index (Phi) is 4.35. The van der Waals surface area contributed by atoms with Crippen LogP contribution in [0.5, 0.6) is 0 Å². The van der Waals surface area contributed by atoms with Crippen molar-refractivity contribution in [3.05, 3.63) is 42.0 Å². The van der Waals surface area contributed by atoms with Gasteiger partial charge in [-0.15, -0.1) is 0 Å². The number of anilines is 1. The summed E-state index contributed by atoms with van der Waals surface area (Å²) in [4.78, 5) is 27.7. The molecule has 1 amide bonds. The smallest absolute Gasteiger partial charge is 0.312 e. The number of para-hydroxylation sites is 1. The van der Waals surface area contributed by atoms with Crippen molar-refractivity contribution >= 4 is 17.6 Å². The van der Waals surface area contributed by atoms with E-state index in [-0.39, 0.29) is 18.0 Å². The lowest BCUT2D eigenvalue weighted by Crippen LogP contribution is -2.40. The van der Waals surface area contributed by atoms with Crippen molar-refractivity contribution in [3.63, 3.8) is 0 Å². The standard InChI is InChI=1S/C21H25NO4/c1-3-5-12-25-20(24)17-16-10-11-21(26-16)13-22(19(23)18(17)21)15-9-7-6-8-14(15)4-2/h6-11,16-18H,3-5,12-13H2,1-2H3/t16-,17+,18-,21+/m0/s1. The Morgan fingerprint density at radius 3 is 2.92 bits per heavy atom. The van der Waals surface area contributed by atoms with E-state index in [9.17, 15) is 9.59 Å². The number of carbonyl (C=O) groups is 2. The summed E-state index contributed by atoms with van der Waals surface area (Å²) in [6.45, 7) is 4.99. The van der Waals surface area contributed by atoms with Crippen LogP contribution in [0, 0.1) is 11.8 Å². The van der Waals surface area contributed by atoms with Crippen LogP contribution in [0.1, 0.15) is 32.3 Å². The molecule has 0 N–H and O–H groups in total. The van der Waals surface area contributed by atoms with E-state index in [4.69, 9.17) is 9.47 Å². The SMILES string of the molecule is CCCCOC(=O)[C@@H]1[C@@H]2C=C[C@]3(CN(c4ccccc4CC)C(=O)[C@H]13)O2. The molecular formula is C21H25NO4. The molecule has 3 heterocycles. The highest BCUT2D eigenvalue weighted by Crippen LogP contribution is 2.53. The number of unbranched alkanes of at least 4 members (excludes halogenated alkanes) is 1. The van der Waals surface area contributed by atoms with Gasteiger partial charge in [0.2, 0.25) is 5.91 Å². The van der Waals surface area contributed by atoms with Gasteiger partial charge < -0.3 is 14.4 Å². The molecule has 5 heteroatoms. The van der Waals surface area contributed by atoms with Gasteiger partial charge >= 0.3 is 5.97 Å². The molecule has 2 bridgehead atoms. The molecule has 2 saturated heterocycles. The third-order valence-corrected chi connectivity index (χ3v) is 5.78. The predicted octanol–water partition coefficient (Wildman–Crippen LogP) is 2.88. The van der Waals surface area contributed by atoms with Gasteiger partial charge in [0.1, 0.15) is 11.5 Å². The molecular weight excluding hydrogens is 330 g/mol. The number of hydrogen-bond acceptors (Lipinski definition) is 4. The minimum Gasteiger partial charge on any atom is -0.465 e. The van der Waals surface area contributed by atoms with Crippen molar-refractivity contribution < 1.29 is 19.1 Å². The molecule has 2 fully saturated rings. The molecule has 1 aromatic rings. The molecule has 5 nitrogen and oxygen atoms in total. The highest BCUT2D eigenvalue weighted by atomic mass is 16.6. The fourth-order valence-electron chi connectivity index (χ4n) is 4.46. The minimum atomic E-state index is -0.697. The number of aryl methyl sites for hydroxylation is 1. The maximum Gasteiger partial charge on any atom is 0.312 e. The van der Waals surface area contributed by atoms with Gasteiger partial charge in [0.25, 0.3) is 0 Å². The van der Waals surface area contributed by atoms with Crippen LogP contribution < -0.4 is 4.90 Å². The molecule has 0 unspecified atom stereocenters. The van der Waals surface area contributed by atoms with Crippen LogP contribution in [0.2, 0.25) is 0 Å². The van der Waals surface area contributed by atoms with E-state index in [1.807, 2.05) is 36.4 Å². The first-order chi connectivity index (χ1) is 12.6. The summed E-state index contributed by atoms with van der Waals surface area (Å²) in [7, 11) is 0. The molecule has 4 rings (SSSR count). The number of hydrogen-bond donors (Lipinski definition) is 0. The van der Waals surface area contributed by atoms with Crippen LogP contribution in [-0.2, 0) is 25.5 Å². The lowest BCUT2D eigenvalue weighted by atomic mass is 9.77. The maximum absolute atomic E-state index is 13.3. The summed E-state index contributed by atoms with van der Waals surface area (Å²) in [5.41, 5.74) is 1.34. The molecule has 0 aromatic heterocycles. The van der Waals surface area contributed by atoms with Crippen LogP contribution in [0.4, 0.5) is 5.69 Å². The van der Waals surface area contributed by atoms with E-state index in [1.165, 1.54) is 0 Å². The van der Waals surface area contributed by atoms with Crippen molar-refractivity contribution in [3.8, 4) is 0 Å². The first-order valence-corrected chi connectivity index (χ1v) is 9.54. The average molecular weight is 355 g/mol. The zero-order valence-electron chi connectivity index (χ0n) is 15.3. The van der Waals surface area contributed by atoms with Crippen LogP contribution >= 0.6 is 0 Å². The maximum atomic E-state index is 13.3. The van der Waals surface area contributed by atoms with Gasteiger partial charge in [0, 0.05) is 5.69 Å². The molecule has 1 aromatic carbocycles. The zero-order chi connectivity index (χ0) is 18.3. The molecule has 3 aliphatic heterocycles. The molecule has 3 aliphatic rings. The summed E-state index contributed by atoms with van der Waals surface area (Å²) >= 11 is 0. The van der Waals surface area contributed by atoms with Gasteiger partial charge in [-0.05, 0) is 24.5 Å². The van der Waals surface area contributed by atoms with Gasteiger partial charge in [0.15, 0.2) is 0 Å². The summed E-state index contributed by atoms with van der Waals surface area (Å²) in [5, 5.41) is 0. The Bertz CT molecular complexity index is 758. The number of fused-ring (bicyclic) bond motifs is 1. The van der Waals surface area contributed by atoms with E-state index in [0.29, 0.717) is 13.2 Å². The third kappa shape index (κ3) is 2.49. The third-order valence-electron chi connectivity index (χ3n) is 5.78. The normalized spacial score (nSPS) is 31.5. The summed E-state index contributed by atoms with van der Waals surface area (Å²) in [6.07, 6.45) is 6.20. The number of benzene rings is 1. The van der Waals surface area contributed by atoms with Crippen molar-refractivity contribution in [1.82, 2.24) is 0 Å². The second-order valence-electron chi connectivity index (χ2n) is 7.33. The fraction of sp³-hybridized carbons (Fsp3) is 0.524. The van der Waals surface area contributed by atoms with Crippen molar-refractivity contribution in [2.75, 3.05) is 18.1 Å². The minimum absolute atomic E-state index is 0.0322. The van der Waals surface area contributed by atoms with Gasteiger partial charge in [-0.3, -0.25) is 9.59 Å². The van der Waals surface area contributed by atoms with Crippen molar-refractivity contribution in [1.29, 1.82) is 0 Å². The number of ether oxygens (including phenoxy) is 2. The topological polar surface area (TPSA) is 55.8 Å². The molecule has 138 valence electrons. The quantitative estimate of drug-likeness (QED) is 0.447. The first-order valence-electron chi connectivity index (χ1n) is 9.54. The zero-order valence-corrected chi connectivity index (χ0v) is 15.3. The summed E-state index contributed by atoms with van der Waals surface area (Å²) in [6, 6.07) is 7.94. The van der Waals surface area contributed by atoms with E-state index in [1.54, 1.807) is 4.90 Å². The summed E-state index contributed by atoms with van der Waals surface area (Å²) < 4.78 is 11.6. The Labute approximate surface area is 154 Å². The van der Waals surface area contributed by atoms with Crippen LogP contribution in [0.15, 0.2) is 36.4 Å². The number of carbonyl (C=O) groups excluding carboxylic acids is 2. The van der Waals surface area contributed by atoms with Crippen LogP contribution in [0.3, 0.4) is 0 Å². The van der Waals surface area contributed by atoms with E-state index in [2.05, 4.69) is 13.8 Å². The molecule has 26 heavy (non-hydrogen) atoms. The molecule has 0 saturated carbocycles. The Morgan fingerprint density at radius 2 is 2.15 bits per heavy atom. The number of rotatable bonds is 6. The first kappa shape index (κ1) is 17.3. The molecule has 0 aliphatic carbocycles. The Hall–Kier alpha value is -2.14. The monoisotopic (exact) mass is 355 g/mol. The molecule has 4 atom stereocenters. The molecule has 1 spiro atoms. The van der Waals surface area contributed by atoms with E-state index < -0.39 is 17.4 Å². The highest BCUT2D eigenvalue weighted by molar-refractivity contribution is 6.03. The second-order valence-corrected chi connectivity index (χ2v) is 7.33. The van der Waals surface area contributed by atoms with Crippen LogP contribution in [0.25, 0.3) is 0 Å². The molecule has 0 radical (unpaired) electrons. The highest BCUT2D eigenvalue weighted by Gasteiger charge is 2.67. The second kappa shape index (κ2) is 6.54. The van der Waals surface area contributed by atoms with Gasteiger partial charge in [0.05, 0.1) is 25.2 Å². The largest absolute Gasteiger partial charge is 0.465 e.